The van der Waals surface area contributed by atoms with Crippen molar-refractivity contribution < 1.29 is 14.4 Å². The average molecular weight is 242 g/mol. The molecule has 0 aromatic heterocycles. The van der Waals surface area contributed by atoms with Crippen LogP contribution >= 0.6 is 19.7 Å². The Morgan fingerprint density at radius 2 is 0.538 bits per heavy atom. The summed E-state index contributed by atoms with van der Waals surface area (Å²) in [4.78, 5) is 0. The third-order valence-electron chi connectivity index (χ3n) is 0.625. The fourth-order valence-electron chi connectivity index (χ4n) is 0.312. The molecule has 0 bridgehead atoms. The molecule has 2 fully saturated rings. The van der Waals surface area contributed by atoms with E-state index >= 15 is 0 Å². The zero-order valence-electron chi connectivity index (χ0n) is 6.20. The van der Waals surface area contributed by atoms with Gasteiger partial charge in [-0.25, -0.2) is 0 Å². The molecule has 0 amide bonds. The maximum atomic E-state index is 4.86. The van der Waals surface area contributed by atoms with Crippen LogP contribution in [0.1, 0.15) is 0 Å². The van der Waals surface area contributed by atoms with Crippen molar-refractivity contribution in [2.45, 2.75) is 0 Å². The van der Waals surface area contributed by atoms with Crippen LogP contribution in [0.25, 0.3) is 0 Å². The van der Waals surface area contributed by atoms with Gasteiger partial charge in [0.1, 0.15) is 0 Å². The normalized spacial score (nSPS) is 19.5. The van der Waals surface area contributed by atoms with E-state index in [4.69, 9.17) is 19.7 Å². The molecular weight excluding hydrogens is 242 g/mol. The van der Waals surface area contributed by atoms with Gasteiger partial charge in [-0.3, -0.25) is 0 Å². The van der Waals surface area contributed by atoms with Crippen LogP contribution in [-0.4, -0.2) is 0 Å². The minimum atomic E-state index is -0.368. The van der Waals surface area contributed by atoms with Crippen LogP contribution in [0.5, 0.6) is 0 Å². The SMILES string of the molecule is [C]1[C][C][C][C]1.[C]1[C][C][C][C]1.[Cl][V][Cl]. The summed E-state index contributed by atoms with van der Waals surface area (Å²) >= 11 is -0.368. The Balaban J connectivity index is 0.000000174. The molecule has 0 saturated heterocycles. The Morgan fingerprint density at radius 1 is 0.462 bits per heavy atom. The molecule has 0 heterocycles. The molecule has 0 spiro atoms. The fourth-order valence-corrected chi connectivity index (χ4v) is 0.312. The Kier molecular flexibility index (Phi) is 14.3. The first-order valence-corrected chi connectivity index (χ1v) is 6.68. The van der Waals surface area contributed by atoms with Gasteiger partial charge in [0.15, 0.2) is 0 Å². The number of hydrogen-bond acceptors (Lipinski definition) is 0. The van der Waals surface area contributed by atoms with Crippen LogP contribution in [-0.2, 0) is 14.4 Å². The molecule has 59 valence electrons. The molecule has 0 N–H and O–H groups in total. The van der Waals surface area contributed by atoms with Crippen LogP contribution < -0.4 is 0 Å². The molecule has 20 radical (unpaired) electrons. The Labute approximate surface area is 98.0 Å². The Bertz CT molecular complexity index is 55.8. The molecule has 2 rings (SSSR count). The summed E-state index contributed by atoms with van der Waals surface area (Å²) in [5.74, 6) is 0. The van der Waals surface area contributed by atoms with E-state index in [1.807, 2.05) is 0 Å². The maximum absolute atomic E-state index is 4.86. The predicted octanol–water partition coefficient (Wildman–Crippen LogP) is 2.19. The summed E-state index contributed by atoms with van der Waals surface area (Å²) in [6, 6.07) is 0. The molecule has 0 aromatic carbocycles. The van der Waals surface area contributed by atoms with Gasteiger partial charge >= 0.3 is 34.1 Å². The number of hydrogen-bond donors (Lipinski definition) is 0. The predicted molar refractivity (Wildman–Crippen MR) is 44.1 cm³/mol. The zero-order valence-corrected chi connectivity index (χ0v) is 9.11. The third-order valence-corrected chi connectivity index (χ3v) is 0.625. The fraction of sp³-hybridized carbons (Fsp3) is 0. The molecule has 2 aliphatic carbocycles. The second-order valence-electron chi connectivity index (χ2n) is 1.31. The van der Waals surface area contributed by atoms with Gasteiger partial charge in [0.05, 0.1) is 0 Å². The third kappa shape index (κ3) is 13.2. The molecule has 0 atom stereocenters. The van der Waals surface area contributed by atoms with E-state index in [-0.39, 0.29) is 14.4 Å². The second-order valence-corrected chi connectivity index (χ2v) is 3.62. The van der Waals surface area contributed by atoms with E-state index in [9.17, 15) is 0 Å². The van der Waals surface area contributed by atoms with E-state index in [0.29, 0.717) is 0 Å². The number of halogens is 2. The van der Waals surface area contributed by atoms with Crippen LogP contribution in [0.4, 0.5) is 0 Å². The van der Waals surface area contributed by atoms with Crippen molar-refractivity contribution in [3.8, 4) is 0 Å². The molecule has 2 saturated carbocycles. The van der Waals surface area contributed by atoms with E-state index < -0.39 is 0 Å². The first-order chi connectivity index (χ1) is 6.41. The Morgan fingerprint density at radius 3 is 0.615 bits per heavy atom. The summed E-state index contributed by atoms with van der Waals surface area (Å²) in [5.41, 5.74) is 0. The van der Waals surface area contributed by atoms with E-state index in [2.05, 4.69) is 64.2 Å². The monoisotopic (exact) mass is 241 g/mol. The van der Waals surface area contributed by atoms with Crippen molar-refractivity contribution in [1.29, 1.82) is 0 Å². The number of rotatable bonds is 0. The summed E-state index contributed by atoms with van der Waals surface area (Å²) in [7, 11) is 9.72. The van der Waals surface area contributed by atoms with Crippen LogP contribution in [0.3, 0.4) is 0 Å². The Hall–Kier alpha value is 1.16. The van der Waals surface area contributed by atoms with Crippen molar-refractivity contribution in [1.82, 2.24) is 0 Å². The summed E-state index contributed by atoms with van der Waals surface area (Å²) in [6.07, 6.45) is 25.0. The summed E-state index contributed by atoms with van der Waals surface area (Å²) in [5, 5.41) is 0. The van der Waals surface area contributed by atoms with Gasteiger partial charge in [-0.15, -0.1) is 0 Å². The molecule has 13 heavy (non-hydrogen) atoms. The quantitative estimate of drug-likeness (QED) is 0.610. The molecule has 3 heteroatoms. The van der Waals surface area contributed by atoms with Crippen molar-refractivity contribution in [3.63, 3.8) is 0 Å². The van der Waals surface area contributed by atoms with Gasteiger partial charge in [-0.2, -0.15) is 0 Å². The molecule has 0 nitrogen and oxygen atoms in total. The van der Waals surface area contributed by atoms with Crippen molar-refractivity contribution in [3.05, 3.63) is 64.2 Å². The molecule has 0 unspecified atom stereocenters. The van der Waals surface area contributed by atoms with E-state index in [1.165, 1.54) is 0 Å². The van der Waals surface area contributed by atoms with Gasteiger partial charge < -0.3 is 0 Å². The van der Waals surface area contributed by atoms with Crippen molar-refractivity contribution in [2.75, 3.05) is 0 Å². The standard InChI is InChI=1S/2C5.2ClH.V/c2*1-2-4-5-3-1;;;/h;;2*1H;/q;;;;+2/p-2. The van der Waals surface area contributed by atoms with E-state index in [1.54, 1.807) is 0 Å². The van der Waals surface area contributed by atoms with Crippen LogP contribution in [0.15, 0.2) is 0 Å². The van der Waals surface area contributed by atoms with E-state index in [0.717, 1.165) is 0 Å². The molecule has 0 aromatic rings. The van der Waals surface area contributed by atoms with Gasteiger partial charge in [-0.05, 0) is 0 Å². The van der Waals surface area contributed by atoms with Crippen LogP contribution in [0, 0.1) is 64.2 Å². The summed E-state index contributed by atoms with van der Waals surface area (Å²) < 4.78 is 0. The average Bonchev–Trinajstić information content (AvgIpc) is 2.85. The van der Waals surface area contributed by atoms with Gasteiger partial charge in [0, 0.05) is 64.2 Å². The minimum absolute atomic E-state index is 0.368. The first kappa shape index (κ1) is 14.2. The molecule has 0 aliphatic heterocycles. The van der Waals surface area contributed by atoms with Gasteiger partial charge in [0.2, 0.25) is 0 Å². The topological polar surface area (TPSA) is 0 Å². The second kappa shape index (κ2) is 13.2. The van der Waals surface area contributed by atoms with Gasteiger partial charge in [0.25, 0.3) is 0 Å². The van der Waals surface area contributed by atoms with Crippen molar-refractivity contribution in [2.24, 2.45) is 0 Å². The van der Waals surface area contributed by atoms with Crippen molar-refractivity contribution >= 4 is 19.7 Å². The molecule has 2 aliphatic rings. The summed E-state index contributed by atoms with van der Waals surface area (Å²) in [6.45, 7) is 0. The molecular formula is C10Cl2V. The van der Waals surface area contributed by atoms with Crippen LogP contribution in [0.2, 0.25) is 0 Å². The first-order valence-electron chi connectivity index (χ1n) is 2.84. The van der Waals surface area contributed by atoms with Gasteiger partial charge in [-0.1, -0.05) is 0 Å². The zero-order chi connectivity index (χ0) is 9.78.